The van der Waals surface area contributed by atoms with Crippen molar-refractivity contribution in [2.75, 3.05) is 5.75 Å². The number of carbonyl (C=O) groups is 2. The van der Waals surface area contributed by atoms with Crippen LogP contribution in [-0.4, -0.2) is 36.1 Å². The van der Waals surface area contributed by atoms with Gasteiger partial charge in [0.25, 0.3) is 5.91 Å². The predicted molar refractivity (Wildman–Crippen MR) is 62.7 cm³/mol. The first-order valence-electron chi connectivity index (χ1n) is 5.10. The van der Waals surface area contributed by atoms with Crippen LogP contribution in [-0.2, 0) is 10.0 Å². The van der Waals surface area contributed by atoms with Crippen LogP contribution in [0, 0.1) is 0 Å². The van der Waals surface area contributed by atoms with Gasteiger partial charge >= 0.3 is 5.97 Å². The minimum absolute atomic E-state index is 0.0142. The van der Waals surface area contributed by atoms with E-state index in [1.54, 1.807) is 6.92 Å². The molecule has 0 bridgehead atoms. The molecule has 1 aromatic heterocycles. The van der Waals surface area contributed by atoms with Crippen LogP contribution in [0.15, 0.2) is 18.3 Å². The summed E-state index contributed by atoms with van der Waals surface area (Å²) >= 11 is 0. The average molecular weight is 272 g/mol. The summed E-state index contributed by atoms with van der Waals surface area (Å²) in [6, 6.07) is 2.33. The zero-order valence-electron chi connectivity index (χ0n) is 9.58. The maximum Gasteiger partial charge on any atom is 0.354 e. The number of nitrogens with one attached hydrogen (secondary N) is 1. The average Bonchev–Trinajstić information content (AvgIpc) is 2.28. The van der Waals surface area contributed by atoms with Gasteiger partial charge in [0.15, 0.2) is 0 Å². The Kier molecular flexibility index (Phi) is 4.38. The van der Waals surface area contributed by atoms with E-state index in [-0.39, 0.29) is 17.0 Å². The van der Waals surface area contributed by atoms with Gasteiger partial charge in [-0.25, -0.2) is 22.9 Å². The summed E-state index contributed by atoms with van der Waals surface area (Å²) in [5.74, 6) is -2.20. The Hall–Kier alpha value is -1.96. The number of aromatic carboxylic acids is 1. The Morgan fingerprint density at radius 2 is 2.06 bits per heavy atom. The fourth-order valence-corrected chi connectivity index (χ4v) is 2.21. The summed E-state index contributed by atoms with van der Waals surface area (Å²) in [6.07, 6.45) is 1.40. The van der Waals surface area contributed by atoms with E-state index in [1.807, 2.05) is 4.72 Å². The number of carbonyl (C=O) groups excluding carboxylic acids is 1. The molecule has 18 heavy (non-hydrogen) atoms. The number of nitrogens with zero attached hydrogens (tertiary/aromatic N) is 1. The number of sulfonamides is 1. The monoisotopic (exact) mass is 272 g/mol. The first kappa shape index (κ1) is 14.1. The second-order valence-electron chi connectivity index (χ2n) is 3.49. The van der Waals surface area contributed by atoms with Crippen molar-refractivity contribution in [3.05, 3.63) is 29.6 Å². The minimum atomic E-state index is -3.65. The van der Waals surface area contributed by atoms with Crippen LogP contribution < -0.4 is 4.72 Å². The number of hydrogen-bond donors (Lipinski definition) is 2. The molecule has 1 amide bonds. The molecule has 1 rings (SSSR count). The highest BCUT2D eigenvalue weighted by Gasteiger charge is 2.15. The van der Waals surface area contributed by atoms with Crippen molar-refractivity contribution in [1.29, 1.82) is 0 Å². The molecule has 0 radical (unpaired) electrons. The van der Waals surface area contributed by atoms with Gasteiger partial charge in [-0.05, 0) is 18.6 Å². The highest BCUT2D eigenvalue weighted by atomic mass is 32.2. The van der Waals surface area contributed by atoms with Gasteiger partial charge in [0.2, 0.25) is 10.0 Å². The Balaban J connectivity index is 2.82. The molecule has 8 heteroatoms. The Bertz CT molecular complexity index is 550. The summed E-state index contributed by atoms with van der Waals surface area (Å²) < 4.78 is 24.6. The third kappa shape index (κ3) is 3.81. The first-order valence-corrected chi connectivity index (χ1v) is 6.75. The van der Waals surface area contributed by atoms with Gasteiger partial charge in [0.1, 0.15) is 5.69 Å². The largest absolute Gasteiger partial charge is 0.477 e. The van der Waals surface area contributed by atoms with Gasteiger partial charge in [0.05, 0.1) is 11.3 Å². The van der Waals surface area contributed by atoms with Crippen molar-refractivity contribution >= 4 is 21.9 Å². The molecule has 0 aliphatic carbocycles. The Morgan fingerprint density at radius 3 is 2.50 bits per heavy atom. The van der Waals surface area contributed by atoms with Crippen LogP contribution in [0.25, 0.3) is 0 Å². The molecular weight excluding hydrogens is 260 g/mol. The Morgan fingerprint density at radius 1 is 1.39 bits per heavy atom. The van der Waals surface area contributed by atoms with E-state index in [2.05, 4.69) is 4.98 Å². The van der Waals surface area contributed by atoms with Crippen LogP contribution in [0.2, 0.25) is 0 Å². The third-order valence-electron chi connectivity index (χ3n) is 1.97. The SMILES string of the molecule is CCCS(=O)(=O)NC(=O)c1ccc(C(=O)O)nc1. The quantitative estimate of drug-likeness (QED) is 0.794. The predicted octanol–water partition coefficient (Wildman–Crippen LogP) is 0.249. The molecule has 0 saturated heterocycles. The maximum absolute atomic E-state index is 11.5. The summed E-state index contributed by atoms with van der Waals surface area (Å²) in [5, 5.41) is 8.61. The van der Waals surface area contributed by atoms with E-state index in [1.165, 1.54) is 6.07 Å². The van der Waals surface area contributed by atoms with Crippen molar-refractivity contribution in [2.45, 2.75) is 13.3 Å². The standard InChI is InChI=1S/C10H12N2O5S/c1-2-5-18(16,17)12-9(13)7-3-4-8(10(14)15)11-6-7/h3-4,6H,2,5H2,1H3,(H,12,13)(H,14,15). The molecule has 0 aliphatic heterocycles. The van der Waals surface area contributed by atoms with E-state index in [0.29, 0.717) is 6.42 Å². The molecule has 7 nitrogen and oxygen atoms in total. The summed E-state index contributed by atoms with van der Waals surface area (Å²) in [7, 11) is -3.65. The topological polar surface area (TPSA) is 113 Å². The van der Waals surface area contributed by atoms with E-state index in [4.69, 9.17) is 5.11 Å². The van der Waals surface area contributed by atoms with Gasteiger partial charge in [-0.1, -0.05) is 6.92 Å². The normalized spacial score (nSPS) is 10.9. The maximum atomic E-state index is 11.5. The molecule has 2 N–H and O–H groups in total. The fourth-order valence-electron chi connectivity index (χ4n) is 1.17. The molecule has 98 valence electrons. The van der Waals surface area contributed by atoms with Crippen molar-refractivity contribution < 1.29 is 23.1 Å². The fraction of sp³-hybridized carbons (Fsp3) is 0.300. The lowest BCUT2D eigenvalue weighted by Crippen LogP contribution is -2.32. The highest BCUT2D eigenvalue weighted by Crippen LogP contribution is 2.01. The summed E-state index contributed by atoms with van der Waals surface area (Å²) in [5.41, 5.74) is -0.234. The molecule has 0 aromatic carbocycles. The van der Waals surface area contributed by atoms with Crippen molar-refractivity contribution in [3.8, 4) is 0 Å². The number of hydrogen-bond acceptors (Lipinski definition) is 5. The number of carboxylic acid groups (broad SMARTS) is 1. The lowest BCUT2D eigenvalue weighted by Gasteiger charge is -2.05. The van der Waals surface area contributed by atoms with E-state index in [9.17, 15) is 18.0 Å². The third-order valence-corrected chi connectivity index (χ3v) is 3.41. The molecule has 0 saturated carbocycles. The van der Waals surface area contributed by atoms with Gasteiger partial charge in [-0.3, -0.25) is 4.79 Å². The lowest BCUT2D eigenvalue weighted by atomic mass is 10.2. The van der Waals surface area contributed by atoms with Crippen LogP contribution >= 0.6 is 0 Å². The molecule has 1 heterocycles. The highest BCUT2D eigenvalue weighted by molar-refractivity contribution is 7.90. The Labute approximate surface area is 104 Å². The second kappa shape index (κ2) is 5.58. The lowest BCUT2D eigenvalue weighted by molar-refractivity contribution is 0.0689. The molecular formula is C10H12N2O5S. The molecule has 0 fully saturated rings. The van der Waals surface area contributed by atoms with Crippen molar-refractivity contribution in [2.24, 2.45) is 0 Å². The minimum Gasteiger partial charge on any atom is -0.477 e. The number of aromatic nitrogens is 1. The second-order valence-corrected chi connectivity index (χ2v) is 5.33. The molecule has 0 unspecified atom stereocenters. The van der Waals surface area contributed by atoms with E-state index in [0.717, 1.165) is 12.3 Å². The summed E-state index contributed by atoms with van der Waals surface area (Å²) in [4.78, 5) is 25.6. The number of rotatable bonds is 5. The van der Waals surface area contributed by atoms with E-state index < -0.39 is 21.9 Å². The van der Waals surface area contributed by atoms with Crippen LogP contribution in [0.3, 0.4) is 0 Å². The van der Waals surface area contributed by atoms with Crippen LogP contribution in [0.1, 0.15) is 34.2 Å². The van der Waals surface area contributed by atoms with Crippen molar-refractivity contribution in [1.82, 2.24) is 9.71 Å². The molecule has 0 atom stereocenters. The van der Waals surface area contributed by atoms with Crippen molar-refractivity contribution in [3.63, 3.8) is 0 Å². The van der Waals surface area contributed by atoms with E-state index >= 15 is 0 Å². The number of pyridine rings is 1. The molecule has 1 aromatic rings. The zero-order valence-corrected chi connectivity index (χ0v) is 10.4. The van der Waals surface area contributed by atoms with Gasteiger partial charge < -0.3 is 5.11 Å². The first-order chi connectivity index (χ1) is 8.35. The molecule has 0 aliphatic rings. The summed E-state index contributed by atoms with van der Waals surface area (Å²) in [6.45, 7) is 1.67. The van der Waals surface area contributed by atoms with Crippen LogP contribution in [0.4, 0.5) is 0 Å². The van der Waals surface area contributed by atoms with Gasteiger partial charge in [-0.2, -0.15) is 0 Å². The number of amides is 1. The smallest absolute Gasteiger partial charge is 0.354 e. The van der Waals surface area contributed by atoms with Gasteiger partial charge in [0, 0.05) is 6.20 Å². The zero-order chi connectivity index (χ0) is 13.8. The van der Waals surface area contributed by atoms with Crippen LogP contribution in [0.5, 0.6) is 0 Å². The number of carboxylic acids is 1. The molecule has 0 spiro atoms. The van der Waals surface area contributed by atoms with Gasteiger partial charge in [-0.15, -0.1) is 0 Å².